The molecule has 0 aliphatic rings. The molecular weight excluding hydrogens is 156 g/mol. The lowest BCUT2D eigenvalue weighted by atomic mass is 10.4. The first kappa shape index (κ1) is 6.90. The third-order valence-corrected chi connectivity index (χ3v) is 1.47. The Bertz CT molecular complexity index is 476. The van der Waals surface area contributed by atoms with E-state index in [-0.39, 0.29) is 11.1 Å². The zero-order chi connectivity index (χ0) is 8.55. The van der Waals surface area contributed by atoms with Crippen LogP contribution in [0, 0.1) is 6.92 Å². The lowest BCUT2D eigenvalue weighted by molar-refractivity contribution is 1.08. The zero-order valence-corrected chi connectivity index (χ0v) is 6.40. The summed E-state index contributed by atoms with van der Waals surface area (Å²) in [6, 6.07) is 0. The molecule has 0 spiro atoms. The van der Waals surface area contributed by atoms with Crippen LogP contribution in [0.4, 0.5) is 0 Å². The van der Waals surface area contributed by atoms with Gasteiger partial charge in [-0.1, -0.05) is 0 Å². The van der Waals surface area contributed by atoms with Crippen LogP contribution in [0.25, 0.3) is 11.2 Å². The van der Waals surface area contributed by atoms with Crippen molar-refractivity contribution in [2.75, 3.05) is 0 Å². The number of aromatic nitrogens is 4. The van der Waals surface area contributed by atoms with Crippen molar-refractivity contribution < 1.29 is 0 Å². The maximum absolute atomic E-state index is 11.1. The smallest absolute Gasteiger partial charge is 0.278 e. The van der Waals surface area contributed by atoms with Gasteiger partial charge < -0.3 is 4.98 Å². The Morgan fingerprint density at radius 3 is 3.08 bits per heavy atom. The van der Waals surface area contributed by atoms with Gasteiger partial charge in [0.15, 0.2) is 11.2 Å². The van der Waals surface area contributed by atoms with Crippen LogP contribution in [0.3, 0.4) is 0 Å². The molecule has 0 fully saturated rings. The van der Waals surface area contributed by atoms with Crippen molar-refractivity contribution in [2.24, 2.45) is 0 Å². The molecule has 60 valence electrons. The van der Waals surface area contributed by atoms with Gasteiger partial charge in [-0.25, -0.2) is 15.0 Å². The van der Waals surface area contributed by atoms with E-state index in [1.807, 2.05) is 0 Å². The van der Waals surface area contributed by atoms with E-state index in [0.717, 1.165) is 5.69 Å². The van der Waals surface area contributed by atoms with Crippen LogP contribution in [-0.4, -0.2) is 19.9 Å². The summed E-state index contributed by atoms with van der Waals surface area (Å²) in [6.45, 7) is 1.80. The molecule has 0 saturated carbocycles. The van der Waals surface area contributed by atoms with Gasteiger partial charge in [-0.05, 0) is 6.92 Å². The van der Waals surface area contributed by atoms with Crippen LogP contribution in [0.2, 0.25) is 0 Å². The summed E-state index contributed by atoms with van der Waals surface area (Å²) in [5, 5.41) is 0. The van der Waals surface area contributed by atoms with Crippen LogP contribution >= 0.6 is 0 Å². The van der Waals surface area contributed by atoms with Gasteiger partial charge in [0.2, 0.25) is 0 Å². The molecule has 2 rings (SSSR count). The molecule has 2 aromatic heterocycles. The highest BCUT2D eigenvalue weighted by Gasteiger charge is 2.00. The van der Waals surface area contributed by atoms with E-state index >= 15 is 0 Å². The third-order valence-electron chi connectivity index (χ3n) is 1.47. The second-order valence-corrected chi connectivity index (χ2v) is 2.42. The van der Waals surface area contributed by atoms with Crippen molar-refractivity contribution in [2.45, 2.75) is 6.92 Å². The molecule has 2 heterocycles. The highest BCUT2D eigenvalue weighted by Crippen LogP contribution is 1.98. The van der Waals surface area contributed by atoms with E-state index in [1.54, 1.807) is 13.1 Å². The molecule has 0 bridgehead atoms. The maximum atomic E-state index is 11.1. The molecule has 1 N–H and O–H groups in total. The average Bonchev–Trinajstić information content (AvgIpc) is 2.04. The Kier molecular flexibility index (Phi) is 1.36. The van der Waals surface area contributed by atoms with Crippen molar-refractivity contribution in [3.8, 4) is 0 Å². The van der Waals surface area contributed by atoms with Crippen molar-refractivity contribution >= 4 is 11.2 Å². The van der Waals surface area contributed by atoms with Gasteiger partial charge in [-0.15, -0.1) is 0 Å². The van der Waals surface area contributed by atoms with E-state index in [4.69, 9.17) is 0 Å². The lowest BCUT2D eigenvalue weighted by Gasteiger charge is -1.93. The summed E-state index contributed by atoms with van der Waals surface area (Å²) in [5.41, 5.74) is 1.16. The Labute approximate surface area is 67.5 Å². The second-order valence-electron chi connectivity index (χ2n) is 2.42. The quantitative estimate of drug-likeness (QED) is 0.592. The number of hydrogen-bond acceptors (Lipinski definition) is 4. The fourth-order valence-electron chi connectivity index (χ4n) is 0.935. The van der Waals surface area contributed by atoms with Gasteiger partial charge >= 0.3 is 0 Å². The first-order valence-corrected chi connectivity index (χ1v) is 3.44. The van der Waals surface area contributed by atoms with Gasteiger partial charge in [0.25, 0.3) is 5.56 Å². The Balaban J connectivity index is 2.96. The number of H-pyrrole nitrogens is 1. The van der Waals surface area contributed by atoms with Gasteiger partial charge in [0.05, 0.1) is 12.0 Å². The number of aryl methyl sites for hydroxylation is 1. The summed E-state index contributed by atoms with van der Waals surface area (Å²) in [6.07, 6.45) is 2.86. The Hall–Kier alpha value is -1.78. The molecule has 0 radical (unpaired) electrons. The molecule has 0 aromatic carbocycles. The van der Waals surface area contributed by atoms with Crippen LogP contribution in [0.15, 0.2) is 17.3 Å². The molecule has 5 heteroatoms. The number of aromatic amines is 1. The van der Waals surface area contributed by atoms with Crippen LogP contribution in [0.1, 0.15) is 5.69 Å². The van der Waals surface area contributed by atoms with Crippen LogP contribution < -0.4 is 5.56 Å². The topological polar surface area (TPSA) is 71.5 Å². The predicted molar refractivity (Wildman–Crippen MR) is 42.7 cm³/mol. The first-order valence-electron chi connectivity index (χ1n) is 3.44. The zero-order valence-electron chi connectivity index (χ0n) is 6.40. The number of nitrogens with one attached hydrogen (secondary N) is 1. The molecule has 0 aliphatic carbocycles. The summed E-state index contributed by atoms with van der Waals surface area (Å²) in [5.74, 6) is 0. The standard InChI is InChI=1S/C7H6N4O/c1-4-2-8-5-6(11-4)9-3-10-7(5)12/h2-3H,1H3,(H,9,10,11,12). The van der Waals surface area contributed by atoms with E-state index < -0.39 is 0 Å². The molecule has 5 nitrogen and oxygen atoms in total. The first-order chi connectivity index (χ1) is 5.77. The Morgan fingerprint density at radius 1 is 1.42 bits per heavy atom. The van der Waals surface area contributed by atoms with E-state index in [9.17, 15) is 4.79 Å². The molecule has 0 atom stereocenters. The minimum atomic E-state index is -0.257. The van der Waals surface area contributed by atoms with Crippen molar-refractivity contribution in [3.05, 3.63) is 28.6 Å². The highest BCUT2D eigenvalue weighted by molar-refractivity contribution is 5.67. The van der Waals surface area contributed by atoms with Crippen LogP contribution in [-0.2, 0) is 0 Å². The van der Waals surface area contributed by atoms with Crippen molar-refractivity contribution in [3.63, 3.8) is 0 Å². The minimum Gasteiger partial charge on any atom is -0.311 e. The monoisotopic (exact) mass is 162 g/mol. The van der Waals surface area contributed by atoms with Gasteiger partial charge in [-0.3, -0.25) is 4.79 Å². The van der Waals surface area contributed by atoms with Crippen molar-refractivity contribution in [1.29, 1.82) is 0 Å². The summed E-state index contributed by atoms with van der Waals surface area (Å²) in [7, 11) is 0. The van der Waals surface area contributed by atoms with Gasteiger partial charge in [-0.2, -0.15) is 0 Å². The second kappa shape index (κ2) is 2.37. The Morgan fingerprint density at radius 2 is 2.25 bits per heavy atom. The molecule has 0 unspecified atom stereocenters. The number of nitrogens with zero attached hydrogens (tertiary/aromatic N) is 3. The number of hydrogen-bond donors (Lipinski definition) is 1. The number of rotatable bonds is 0. The highest BCUT2D eigenvalue weighted by atomic mass is 16.1. The third kappa shape index (κ3) is 0.952. The number of fused-ring (bicyclic) bond motifs is 1. The predicted octanol–water partition coefficient (Wildman–Crippen LogP) is 0.0215. The SMILES string of the molecule is Cc1cnc2c(=O)[nH]cnc2n1. The minimum absolute atomic E-state index is 0.257. The summed E-state index contributed by atoms with van der Waals surface area (Å²) < 4.78 is 0. The van der Waals surface area contributed by atoms with Gasteiger partial charge in [0.1, 0.15) is 0 Å². The van der Waals surface area contributed by atoms with E-state index in [2.05, 4.69) is 19.9 Å². The van der Waals surface area contributed by atoms with Gasteiger partial charge in [0, 0.05) is 6.20 Å². The molecule has 0 amide bonds. The van der Waals surface area contributed by atoms with E-state index in [0.29, 0.717) is 5.65 Å². The van der Waals surface area contributed by atoms with Crippen LogP contribution in [0.5, 0.6) is 0 Å². The van der Waals surface area contributed by atoms with Crippen molar-refractivity contribution in [1.82, 2.24) is 19.9 Å². The summed E-state index contributed by atoms with van der Waals surface area (Å²) in [4.78, 5) is 25.3. The fourth-order valence-corrected chi connectivity index (χ4v) is 0.935. The largest absolute Gasteiger partial charge is 0.311 e. The lowest BCUT2D eigenvalue weighted by Crippen LogP contribution is -2.09. The normalized spacial score (nSPS) is 10.4. The average molecular weight is 162 g/mol. The molecular formula is C7H6N4O. The van der Waals surface area contributed by atoms with E-state index in [1.165, 1.54) is 6.33 Å². The summed E-state index contributed by atoms with van der Waals surface area (Å²) >= 11 is 0. The molecule has 2 aromatic rings. The molecule has 0 saturated heterocycles. The molecule has 12 heavy (non-hydrogen) atoms. The maximum Gasteiger partial charge on any atom is 0.278 e. The fraction of sp³-hybridized carbons (Fsp3) is 0.143. The molecule has 0 aliphatic heterocycles.